The van der Waals surface area contributed by atoms with Gasteiger partial charge in [0.1, 0.15) is 0 Å². The summed E-state index contributed by atoms with van der Waals surface area (Å²) in [5, 5.41) is 0. The highest BCUT2D eigenvalue weighted by Crippen LogP contribution is 2.32. The monoisotopic (exact) mass is 212 g/mol. The molecule has 0 nitrogen and oxygen atoms in total. The average molecular weight is 212 g/mol. The first-order chi connectivity index (χ1) is 6.84. The third-order valence-electron chi connectivity index (χ3n) is 4.67. The molecule has 0 aliphatic carbocycles. The minimum absolute atomic E-state index is 0.545. The molecule has 0 amide bonds. The van der Waals surface area contributed by atoms with E-state index in [1.54, 1.807) is 0 Å². The van der Waals surface area contributed by atoms with Gasteiger partial charge in [0.25, 0.3) is 0 Å². The largest absolute Gasteiger partial charge is 0.0651 e. The SMILES string of the molecule is CCC(C)C(C)C(C)CCC(C)(C)CC. The molecular weight excluding hydrogens is 180 g/mol. The molecule has 0 radical (unpaired) electrons. The predicted molar refractivity (Wildman–Crippen MR) is 71.1 cm³/mol. The third-order valence-corrected chi connectivity index (χ3v) is 4.67. The first-order valence-corrected chi connectivity index (χ1v) is 6.84. The van der Waals surface area contributed by atoms with Crippen molar-refractivity contribution in [1.29, 1.82) is 0 Å². The lowest BCUT2D eigenvalue weighted by atomic mass is 9.77. The van der Waals surface area contributed by atoms with Crippen molar-refractivity contribution in [3.05, 3.63) is 0 Å². The van der Waals surface area contributed by atoms with Crippen molar-refractivity contribution in [1.82, 2.24) is 0 Å². The Morgan fingerprint density at radius 3 is 1.87 bits per heavy atom. The lowest BCUT2D eigenvalue weighted by molar-refractivity contribution is 0.217. The Balaban J connectivity index is 3.98. The molecule has 0 aliphatic heterocycles. The summed E-state index contributed by atoms with van der Waals surface area (Å²) >= 11 is 0. The fraction of sp³-hybridized carbons (Fsp3) is 1.00. The first kappa shape index (κ1) is 15.0. The molecular formula is C15H32. The maximum Gasteiger partial charge on any atom is -0.0357 e. The summed E-state index contributed by atoms with van der Waals surface area (Å²) in [7, 11) is 0. The summed E-state index contributed by atoms with van der Waals surface area (Å²) < 4.78 is 0. The van der Waals surface area contributed by atoms with Crippen molar-refractivity contribution in [3.8, 4) is 0 Å². The summed E-state index contributed by atoms with van der Waals surface area (Å²) in [5.41, 5.74) is 0.545. The molecule has 0 saturated carbocycles. The van der Waals surface area contributed by atoms with Gasteiger partial charge in [-0.1, -0.05) is 61.3 Å². The van der Waals surface area contributed by atoms with Gasteiger partial charge >= 0.3 is 0 Å². The molecule has 15 heavy (non-hydrogen) atoms. The van der Waals surface area contributed by atoms with E-state index in [1.807, 2.05) is 0 Å². The van der Waals surface area contributed by atoms with E-state index in [0.717, 1.165) is 17.8 Å². The molecule has 0 saturated heterocycles. The highest BCUT2D eigenvalue weighted by molar-refractivity contribution is 4.72. The number of rotatable bonds is 7. The molecule has 0 bridgehead atoms. The zero-order valence-corrected chi connectivity index (χ0v) is 12.1. The van der Waals surface area contributed by atoms with Crippen LogP contribution in [0.2, 0.25) is 0 Å². The second-order valence-corrected chi connectivity index (χ2v) is 6.28. The van der Waals surface area contributed by atoms with Crippen LogP contribution in [0.5, 0.6) is 0 Å². The molecule has 0 aromatic rings. The van der Waals surface area contributed by atoms with Gasteiger partial charge in [-0.15, -0.1) is 0 Å². The van der Waals surface area contributed by atoms with Crippen molar-refractivity contribution >= 4 is 0 Å². The molecule has 0 heterocycles. The van der Waals surface area contributed by atoms with Crippen LogP contribution >= 0.6 is 0 Å². The summed E-state index contributed by atoms with van der Waals surface area (Å²) in [6.45, 7) is 16.7. The van der Waals surface area contributed by atoms with Crippen LogP contribution in [0.1, 0.15) is 74.1 Å². The fourth-order valence-corrected chi connectivity index (χ4v) is 1.99. The Morgan fingerprint density at radius 1 is 0.933 bits per heavy atom. The van der Waals surface area contributed by atoms with Crippen molar-refractivity contribution in [2.24, 2.45) is 23.2 Å². The lowest BCUT2D eigenvalue weighted by Gasteiger charge is -2.29. The van der Waals surface area contributed by atoms with Crippen LogP contribution in [0, 0.1) is 23.2 Å². The Labute approximate surface area is 97.8 Å². The highest BCUT2D eigenvalue weighted by Gasteiger charge is 2.21. The summed E-state index contributed by atoms with van der Waals surface area (Å²) in [4.78, 5) is 0. The van der Waals surface area contributed by atoms with Crippen LogP contribution in [0.25, 0.3) is 0 Å². The Morgan fingerprint density at radius 2 is 1.47 bits per heavy atom. The summed E-state index contributed by atoms with van der Waals surface area (Å²) in [6, 6.07) is 0. The molecule has 0 rings (SSSR count). The maximum atomic E-state index is 2.43. The van der Waals surface area contributed by atoms with Crippen LogP contribution < -0.4 is 0 Å². The van der Waals surface area contributed by atoms with Crippen LogP contribution in [-0.4, -0.2) is 0 Å². The number of hydrogen-bond acceptors (Lipinski definition) is 0. The standard InChI is InChI=1S/C15H32/c1-8-12(3)14(5)13(4)10-11-15(6,7)9-2/h12-14H,8-11H2,1-7H3. The van der Waals surface area contributed by atoms with E-state index >= 15 is 0 Å². The smallest absolute Gasteiger partial charge is 0.0357 e. The van der Waals surface area contributed by atoms with Crippen LogP contribution in [-0.2, 0) is 0 Å². The van der Waals surface area contributed by atoms with Crippen LogP contribution in [0.3, 0.4) is 0 Å². The van der Waals surface area contributed by atoms with Gasteiger partial charge < -0.3 is 0 Å². The van der Waals surface area contributed by atoms with Crippen LogP contribution in [0.15, 0.2) is 0 Å². The molecule has 0 heteroatoms. The molecule has 92 valence electrons. The van der Waals surface area contributed by atoms with E-state index in [0.29, 0.717) is 5.41 Å². The molecule has 0 N–H and O–H groups in total. The van der Waals surface area contributed by atoms with Gasteiger partial charge in [0.15, 0.2) is 0 Å². The Hall–Kier alpha value is 0. The van der Waals surface area contributed by atoms with Gasteiger partial charge in [-0.2, -0.15) is 0 Å². The van der Waals surface area contributed by atoms with Gasteiger partial charge in [-0.3, -0.25) is 0 Å². The van der Waals surface area contributed by atoms with E-state index in [1.165, 1.54) is 25.7 Å². The van der Waals surface area contributed by atoms with Crippen molar-refractivity contribution in [2.45, 2.75) is 74.1 Å². The molecule has 3 atom stereocenters. The zero-order chi connectivity index (χ0) is 12.1. The van der Waals surface area contributed by atoms with E-state index in [9.17, 15) is 0 Å². The van der Waals surface area contributed by atoms with E-state index in [2.05, 4.69) is 48.5 Å². The van der Waals surface area contributed by atoms with Crippen molar-refractivity contribution in [3.63, 3.8) is 0 Å². The van der Waals surface area contributed by atoms with E-state index in [4.69, 9.17) is 0 Å². The minimum atomic E-state index is 0.545. The molecule has 3 unspecified atom stereocenters. The minimum Gasteiger partial charge on any atom is -0.0651 e. The maximum absolute atomic E-state index is 2.43. The van der Waals surface area contributed by atoms with Crippen molar-refractivity contribution < 1.29 is 0 Å². The Bertz CT molecular complexity index is 157. The normalized spacial score (nSPS) is 18.6. The average Bonchev–Trinajstić information content (AvgIpc) is 2.23. The molecule has 0 aliphatic rings. The molecule has 0 aromatic heterocycles. The predicted octanol–water partition coefficient (Wildman–Crippen LogP) is 5.52. The second-order valence-electron chi connectivity index (χ2n) is 6.28. The Kier molecular flexibility index (Phi) is 6.55. The quantitative estimate of drug-likeness (QED) is 0.521. The second kappa shape index (κ2) is 6.55. The van der Waals surface area contributed by atoms with Gasteiger partial charge in [-0.25, -0.2) is 0 Å². The van der Waals surface area contributed by atoms with E-state index in [-0.39, 0.29) is 0 Å². The summed E-state index contributed by atoms with van der Waals surface area (Å²) in [5.74, 6) is 2.64. The lowest BCUT2D eigenvalue weighted by Crippen LogP contribution is -2.19. The van der Waals surface area contributed by atoms with E-state index < -0.39 is 0 Å². The third kappa shape index (κ3) is 5.58. The van der Waals surface area contributed by atoms with Gasteiger partial charge in [0.05, 0.1) is 0 Å². The van der Waals surface area contributed by atoms with Crippen molar-refractivity contribution in [2.75, 3.05) is 0 Å². The topological polar surface area (TPSA) is 0 Å². The van der Waals surface area contributed by atoms with Crippen LogP contribution in [0.4, 0.5) is 0 Å². The molecule has 0 spiro atoms. The van der Waals surface area contributed by atoms with Gasteiger partial charge in [-0.05, 0) is 36.0 Å². The molecule has 0 fully saturated rings. The first-order valence-electron chi connectivity index (χ1n) is 6.84. The van der Waals surface area contributed by atoms with Gasteiger partial charge in [0, 0.05) is 0 Å². The highest BCUT2D eigenvalue weighted by atomic mass is 14.3. The number of hydrogen-bond donors (Lipinski definition) is 0. The van der Waals surface area contributed by atoms with Gasteiger partial charge in [0.2, 0.25) is 0 Å². The fourth-order valence-electron chi connectivity index (χ4n) is 1.99. The summed E-state index contributed by atoms with van der Waals surface area (Å²) in [6.07, 6.45) is 5.40. The zero-order valence-electron chi connectivity index (χ0n) is 12.1. The molecule has 0 aromatic carbocycles.